The van der Waals surface area contributed by atoms with Gasteiger partial charge in [0.1, 0.15) is 18.0 Å². The normalized spacial score (nSPS) is 10.6. The predicted octanol–water partition coefficient (Wildman–Crippen LogP) is 4.54. The van der Waals surface area contributed by atoms with Gasteiger partial charge in [-0.3, -0.25) is 9.78 Å². The van der Waals surface area contributed by atoms with Crippen LogP contribution in [0.15, 0.2) is 55.1 Å². The Balaban J connectivity index is 2.01. The molecule has 0 amide bonds. The van der Waals surface area contributed by atoms with Gasteiger partial charge in [-0.1, -0.05) is 37.8 Å². The van der Waals surface area contributed by atoms with Crippen molar-refractivity contribution < 1.29 is 14.6 Å². The molecule has 0 aliphatic heterocycles. The number of rotatable bonds is 7. The molecule has 0 spiro atoms. The summed E-state index contributed by atoms with van der Waals surface area (Å²) in [5.74, 6) is 0.593. The van der Waals surface area contributed by atoms with E-state index in [1.807, 2.05) is 62.4 Å². The molecule has 138 valence electrons. The van der Waals surface area contributed by atoms with Crippen molar-refractivity contribution in [2.45, 2.75) is 20.3 Å². The van der Waals surface area contributed by atoms with Crippen LogP contribution >= 0.6 is 0 Å². The van der Waals surface area contributed by atoms with Crippen LogP contribution in [-0.2, 0) is 11.2 Å². The quantitative estimate of drug-likeness (QED) is 0.645. The summed E-state index contributed by atoms with van der Waals surface area (Å²) in [6, 6.07) is 15.6. The number of hydrogen-bond acceptors (Lipinski definition) is 4. The third kappa shape index (κ3) is 4.08. The highest BCUT2D eigenvalue weighted by Crippen LogP contribution is 2.31. The molecule has 2 aromatic carbocycles. The lowest BCUT2D eigenvalue weighted by Crippen LogP contribution is -2.21. The van der Waals surface area contributed by atoms with E-state index in [2.05, 4.69) is 11.9 Å². The molecule has 0 bridgehead atoms. The van der Waals surface area contributed by atoms with Gasteiger partial charge >= 0.3 is 5.97 Å². The Morgan fingerprint density at radius 1 is 1.15 bits per heavy atom. The number of pyridine rings is 1. The van der Waals surface area contributed by atoms with E-state index < -0.39 is 5.97 Å². The standard InChI is InChI=1S/C22H22N2O3/c1-4-20-19-12-17(27-16-8-6-5-7-9-16)10-11-18(19)14(2)22(24-20)15(3)23-13-21(25)26/h5-12,23H,3-4,13H2,1-2H3,(H,25,26). The topological polar surface area (TPSA) is 71.5 Å². The van der Waals surface area contributed by atoms with Crippen molar-refractivity contribution in [1.82, 2.24) is 10.3 Å². The van der Waals surface area contributed by atoms with Crippen molar-refractivity contribution in [3.63, 3.8) is 0 Å². The molecule has 0 radical (unpaired) electrons. The van der Waals surface area contributed by atoms with Gasteiger partial charge < -0.3 is 15.2 Å². The number of nitrogens with one attached hydrogen (secondary N) is 1. The van der Waals surface area contributed by atoms with Crippen LogP contribution in [0.2, 0.25) is 0 Å². The molecule has 1 heterocycles. The predicted molar refractivity (Wildman–Crippen MR) is 107 cm³/mol. The fraction of sp³-hybridized carbons (Fsp3) is 0.182. The molecule has 5 heteroatoms. The lowest BCUT2D eigenvalue weighted by molar-refractivity contribution is -0.135. The molecule has 27 heavy (non-hydrogen) atoms. The van der Waals surface area contributed by atoms with Gasteiger partial charge in [0.2, 0.25) is 0 Å². The Morgan fingerprint density at radius 2 is 1.89 bits per heavy atom. The minimum absolute atomic E-state index is 0.191. The number of hydrogen-bond donors (Lipinski definition) is 2. The Kier molecular flexibility index (Phi) is 5.41. The number of carboxylic acids is 1. The summed E-state index contributed by atoms with van der Waals surface area (Å²) in [6.07, 6.45) is 0.741. The maximum atomic E-state index is 10.8. The van der Waals surface area contributed by atoms with E-state index in [9.17, 15) is 4.79 Å². The number of ether oxygens (including phenoxy) is 1. The lowest BCUT2D eigenvalue weighted by atomic mass is 10.00. The van der Waals surface area contributed by atoms with Crippen LogP contribution in [0.25, 0.3) is 16.5 Å². The minimum atomic E-state index is -0.937. The van der Waals surface area contributed by atoms with E-state index in [1.165, 1.54) is 0 Å². The summed E-state index contributed by atoms with van der Waals surface area (Å²) in [6.45, 7) is 7.77. The Labute approximate surface area is 158 Å². The van der Waals surface area contributed by atoms with Crippen molar-refractivity contribution in [1.29, 1.82) is 0 Å². The molecule has 1 aromatic heterocycles. The van der Waals surface area contributed by atoms with Crippen molar-refractivity contribution in [2.75, 3.05) is 6.54 Å². The highest BCUT2D eigenvalue weighted by atomic mass is 16.5. The van der Waals surface area contributed by atoms with Crippen molar-refractivity contribution >= 4 is 22.4 Å². The zero-order valence-electron chi connectivity index (χ0n) is 15.5. The SMILES string of the molecule is C=C(NCC(=O)O)c1nc(CC)c2cc(Oc3ccccc3)ccc2c1C. The zero-order valence-corrected chi connectivity index (χ0v) is 15.5. The Morgan fingerprint density at radius 3 is 2.56 bits per heavy atom. The fourth-order valence-electron chi connectivity index (χ4n) is 3.01. The van der Waals surface area contributed by atoms with Crippen LogP contribution in [-0.4, -0.2) is 22.6 Å². The van der Waals surface area contributed by atoms with E-state index in [-0.39, 0.29) is 6.54 Å². The van der Waals surface area contributed by atoms with Gasteiger partial charge in [-0.05, 0) is 48.6 Å². The monoisotopic (exact) mass is 362 g/mol. The average Bonchev–Trinajstić information content (AvgIpc) is 2.67. The minimum Gasteiger partial charge on any atom is -0.480 e. The van der Waals surface area contributed by atoms with Gasteiger partial charge in [-0.2, -0.15) is 0 Å². The molecule has 2 N–H and O–H groups in total. The smallest absolute Gasteiger partial charge is 0.322 e. The molecule has 0 saturated heterocycles. The summed E-state index contributed by atoms with van der Waals surface area (Å²) in [4.78, 5) is 15.5. The molecule has 0 unspecified atom stereocenters. The molecular weight excluding hydrogens is 340 g/mol. The van der Waals surface area contributed by atoms with E-state index in [4.69, 9.17) is 14.8 Å². The maximum Gasteiger partial charge on any atom is 0.322 e. The molecule has 0 saturated carbocycles. The molecule has 0 atom stereocenters. The molecule has 5 nitrogen and oxygen atoms in total. The van der Waals surface area contributed by atoms with Crippen LogP contribution in [0.4, 0.5) is 0 Å². The van der Waals surface area contributed by atoms with Crippen LogP contribution in [0.5, 0.6) is 11.5 Å². The van der Waals surface area contributed by atoms with E-state index in [1.54, 1.807) is 0 Å². The second kappa shape index (κ2) is 7.91. The molecule has 0 aliphatic carbocycles. The van der Waals surface area contributed by atoms with Crippen LogP contribution in [0.3, 0.4) is 0 Å². The van der Waals surface area contributed by atoms with Crippen molar-refractivity contribution in [2.24, 2.45) is 0 Å². The third-order valence-corrected chi connectivity index (χ3v) is 4.36. The highest BCUT2D eigenvalue weighted by Gasteiger charge is 2.14. The van der Waals surface area contributed by atoms with Gasteiger partial charge in [0, 0.05) is 11.1 Å². The summed E-state index contributed by atoms with van der Waals surface area (Å²) < 4.78 is 5.95. The Hall–Kier alpha value is -3.34. The second-order valence-corrected chi connectivity index (χ2v) is 6.23. The van der Waals surface area contributed by atoms with Gasteiger partial charge in [0.05, 0.1) is 11.4 Å². The number of benzene rings is 2. The summed E-state index contributed by atoms with van der Waals surface area (Å²) in [5.41, 5.74) is 3.08. The van der Waals surface area contributed by atoms with Gasteiger partial charge in [-0.15, -0.1) is 0 Å². The molecule has 3 rings (SSSR count). The average molecular weight is 362 g/mol. The van der Waals surface area contributed by atoms with E-state index >= 15 is 0 Å². The third-order valence-electron chi connectivity index (χ3n) is 4.36. The maximum absolute atomic E-state index is 10.8. The first-order valence-electron chi connectivity index (χ1n) is 8.80. The molecule has 3 aromatic rings. The fourth-order valence-corrected chi connectivity index (χ4v) is 3.01. The molecule has 0 fully saturated rings. The lowest BCUT2D eigenvalue weighted by Gasteiger charge is -2.16. The zero-order chi connectivity index (χ0) is 19.4. The number of carboxylic acid groups (broad SMARTS) is 1. The first-order valence-corrected chi connectivity index (χ1v) is 8.80. The van der Waals surface area contributed by atoms with Crippen LogP contribution in [0.1, 0.15) is 23.9 Å². The summed E-state index contributed by atoms with van der Waals surface area (Å²) in [7, 11) is 0. The number of nitrogens with zero attached hydrogens (tertiary/aromatic N) is 1. The highest BCUT2D eigenvalue weighted by molar-refractivity contribution is 5.91. The van der Waals surface area contributed by atoms with Crippen molar-refractivity contribution in [3.05, 3.63) is 72.1 Å². The Bertz CT molecular complexity index is 997. The largest absolute Gasteiger partial charge is 0.480 e. The number of fused-ring (bicyclic) bond motifs is 1. The summed E-state index contributed by atoms with van der Waals surface area (Å²) >= 11 is 0. The molecule has 0 aliphatic rings. The number of aryl methyl sites for hydroxylation is 2. The van der Waals surface area contributed by atoms with E-state index in [0.29, 0.717) is 11.4 Å². The van der Waals surface area contributed by atoms with Crippen LogP contribution < -0.4 is 10.1 Å². The van der Waals surface area contributed by atoms with E-state index in [0.717, 1.165) is 39.9 Å². The molecular formula is C22H22N2O3. The van der Waals surface area contributed by atoms with Crippen molar-refractivity contribution in [3.8, 4) is 11.5 Å². The number of aromatic nitrogens is 1. The number of aliphatic carboxylic acids is 1. The second-order valence-electron chi connectivity index (χ2n) is 6.23. The number of para-hydroxylation sites is 1. The van der Waals surface area contributed by atoms with Gasteiger partial charge in [0.15, 0.2) is 0 Å². The van der Waals surface area contributed by atoms with Gasteiger partial charge in [-0.25, -0.2) is 0 Å². The van der Waals surface area contributed by atoms with Gasteiger partial charge in [0.25, 0.3) is 0 Å². The van der Waals surface area contributed by atoms with Crippen LogP contribution in [0, 0.1) is 6.92 Å². The first-order chi connectivity index (χ1) is 13.0. The first kappa shape index (κ1) is 18.5. The summed E-state index contributed by atoms with van der Waals surface area (Å²) in [5, 5.41) is 13.8. The number of carbonyl (C=O) groups is 1.